The molecule has 3 aromatic rings. The van der Waals surface area contributed by atoms with E-state index in [9.17, 15) is 4.79 Å². The second-order valence-electron chi connectivity index (χ2n) is 6.14. The van der Waals surface area contributed by atoms with E-state index in [2.05, 4.69) is 0 Å². The normalized spacial score (nSPS) is 10.5. The molecule has 3 heteroatoms. The van der Waals surface area contributed by atoms with Crippen LogP contribution in [0.25, 0.3) is 0 Å². The molecule has 132 valence electrons. The first-order valence-corrected chi connectivity index (χ1v) is 8.64. The van der Waals surface area contributed by atoms with Crippen LogP contribution in [0.2, 0.25) is 0 Å². The van der Waals surface area contributed by atoms with Crippen LogP contribution in [0.15, 0.2) is 78.9 Å². The van der Waals surface area contributed by atoms with Gasteiger partial charge in [0.15, 0.2) is 5.78 Å². The summed E-state index contributed by atoms with van der Waals surface area (Å²) in [4.78, 5) is 11.9. The van der Waals surface area contributed by atoms with Gasteiger partial charge in [-0.25, -0.2) is 0 Å². The maximum atomic E-state index is 11.9. The molecule has 0 heterocycles. The lowest BCUT2D eigenvalue weighted by atomic mass is 10.1. The lowest BCUT2D eigenvalue weighted by Gasteiger charge is -2.12. The molecule has 0 N–H and O–H groups in total. The van der Waals surface area contributed by atoms with Crippen molar-refractivity contribution in [1.82, 2.24) is 0 Å². The molecule has 0 aliphatic heterocycles. The molecule has 3 aromatic carbocycles. The van der Waals surface area contributed by atoms with E-state index in [1.165, 1.54) is 0 Å². The fraction of sp³-hybridized carbons (Fsp3) is 0.174. The van der Waals surface area contributed by atoms with Gasteiger partial charge in [0.05, 0.1) is 18.8 Å². The summed E-state index contributed by atoms with van der Waals surface area (Å²) in [5, 5.41) is 0. The third-order valence-corrected chi connectivity index (χ3v) is 4.04. The summed E-state index contributed by atoms with van der Waals surface area (Å²) in [5.74, 6) is 0.590. The molecule has 0 amide bonds. The van der Waals surface area contributed by atoms with Crippen LogP contribution in [-0.4, -0.2) is 5.78 Å². The minimum absolute atomic E-state index is 0.00943. The fourth-order valence-electron chi connectivity index (χ4n) is 2.66. The Bertz CT molecular complexity index is 842. The van der Waals surface area contributed by atoms with Gasteiger partial charge >= 0.3 is 0 Å². The van der Waals surface area contributed by atoms with E-state index >= 15 is 0 Å². The molecule has 0 saturated heterocycles. The van der Waals surface area contributed by atoms with E-state index in [0.717, 1.165) is 16.7 Å². The molecule has 3 rings (SSSR count). The molecule has 0 unspecified atom stereocenters. The van der Waals surface area contributed by atoms with Crippen LogP contribution in [0.3, 0.4) is 0 Å². The van der Waals surface area contributed by atoms with Crippen LogP contribution < -0.4 is 4.74 Å². The number of carbonyl (C=O) groups is 1. The summed E-state index contributed by atoms with van der Waals surface area (Å²) in [6.07, 6.45) is 0. The van der Waals surface area contributed by atoms with Crippen LogP contribution in [0, 0.1) is 0 Å². The highest BCUT2D eigenvalue weighted by atomic mass is 16.5. The molecule has 0 spiro atoms. The third kappa shape index (κ3) is 5.04. The van der Waals surface area contributed by atoms with E-state index < -0.39 is 0 Å². The van der Waals surface area contributed by atoms with Crippen molar-refractivity contribution in [2.45, 2.75) is 26.7 Å². The van der Waals surface area contributed by atoms with Gasteiger partial charge < -0.3 is 9.47 Å². The number of hydrogen-bond acceptors (Lipinski definition) is 3. The van der Waals surface area contributed by atoms with Gasteiger partial charge in [0, 0.05) is 0 Å². The Hall–Kier alpha value is -2.91. The molecule has 0 aliphatic carbocycles. The van der Waals surface area contributed by atoms with Crippen molar-refractivity contribution in [1.29, 1.82) is 0 Å². The van der Waals surface area contributed by atoms with Crippen LogP contribution in [0.4, 0.5) is 0 Å². The zero-order valence-corrected chi connectivity index (χ0v) is 14.9. The fourth-order valence-corrected chi connectivity index (χ4v) is 2.66. The SMILES string of the molecule is CC(=O)c1ccc(COCc2ccccc2)cc1OCc1ccccc1. The highest BCUT2D eigenvalue weighted by Gasteiger charge is 2.10. The molecule has 0 aromatic heterocycles. The van der Waals surface area contributed by atoms with Crippen molar-refractivity contribution in [3.8, 4) is 5.75 Å². The topological polar surface area (TPSA) is 35.5 Å². The number of ether oxygens (including phenoxy) is 2. The van der Waals surface area contributed by atoms with Crippen molar-refractivity contribution >= 4 is 5.78 Å². The molecular weight excluding hydrogens is 324 g/mol. The van der Waals surface area contributed by atoms with Gasteiger partial charge in [-0.1, -0.05) is 66.7 Å². The number of carbonyl (C=O) groups excluding carboxylic acids is 1. The van der Waals surface area contributed by atoms with Crippen molar-refractivity contribution in [3.05, 3.63) is 101 Å². The predicted molar refractivity (Wildman–Crippen MR) is 102 cm³/mol. The molecule has 0 bridgehead atoms. The maximum Gasteiger partial charge on any atom is 0.163 e. The Kier molecular flexibility index (Phi) is 6.18. The lowest BCUT2D eigenvalue weighted by molar-refractivity contribution is 0.101. The van der Waals surface area contributed by atoms with Gasteiger partial charge in [-0.05, 0) is 35.7 Å². The van der Waals surface area contributed by atoms with Gasteiger partial charge in [-0.15, -0.1) is 0 Å². The third-order valence-electron chi connectivity index (χ3n) is 4.04. The highest BCUT2D eigenvalue weighted by Crippen LogP contribution is 2.23. The first kappa shape index (κ1) is 17.9. The summed E-state index contributed by atoms with van der Waals surface area (Å²) in [6.45, 7) is 3.00. The second kappa shape index (κ2) is 8.97. The summed E-state index contributed by atoms with van der Waals surface area (Å²) >= 11 is 0. The zero-order valence-electron chi connectivity index (χ0n) is 14.9. The maximum absolute atomic E-state index is 11.9. The first-order valence-electron chi connectivity index (χ1n) is 8.64. The highest BCUT2D eigenvalue weighted by molar-refractivity contribution is 5.96. The number of hydrogen-bond donors (Lipinski definition) is 0. The van der Waals surface area contributed by atoms with E-state index in [1.807, 2.05) is 78.9 Å². The summed E-state index contributed by atoms with van der Waals surface area (Å²) in [7, 11) is 0. The van der Waals surface area contributed by atoms with Crippen LogP contribution >= 0.6 is 0 Å². The monoisotopic (exact) mass is 346 g/mol. The number of ketones is 1. The van der Waals surface area contributed by atoms with E-state index in [1.54, 1.807) is 6.92 Å². The van der Waals surface area contributed by atoms with E-state index in [-0.39, 0.29) is 5.78 Å². The van der Waals surface area contributed by atoms with Gasteiger partial charge in [0.2, 0.25) is 0 Å². The van der Waals surface area contributed by atoms with Crippen molar-refractivity contribution in [2.24, 2.45) is 0 Å². The Balaban J connectivity index is 1.66. The first-order chi connectivity index (χ1) is 12.7. The number of Topliss-reactive ketones (excluding diaryl/α,β-unsaturated/α-hetero) is 1. The lowest BCUT2D eigenvalue weighted by Crippen LogP contribution is -2.03. The van der Waals surface area contributed by atoms with Crippen LogP contribution in [0.5, 0.6) is 5.75 Å². The van der Waals surface area contributed by atoms with Crippen molar-refractivity contribution < 1.29 is 14.3 Å². The molecule has 26 heavy (non-hydrogen) atoms. The summed E-state index contributed by atoms with van der Waals surface area (Å²) in [6, 6.07) is 25.6. The molecule has 3 nitrogen and oxygen atoms in total. The Morgan fingerprint density at radius 2 is 1.31 bits per heavy atom. The van der Waals surface area contributed by atoms with Gasteiger partial charge in [-0.2, -0.15) is 0 Å². The molecule has 0 aliphatic rings. The molecule has 0 saturated carbocycles. The van der Waals surface area contributed by atoms with Crippen molar-refractivity contribution in [3.63, 3.8) is 0 Å². The van der Waals surface area contributed by atoms with E-state index in [4.69, 9.17) is 9.47 Å². The Labute approximate surface area is 154 Å². The molecule has 0 fully saturated rings. The Morgan fingerprint density at radius 3 is 1.92 bits per heavy atom. The van der Waals surface area contributed by atoms with E-state index in [0.29, 0.717) is 31.1 Å². The smallest absolute Gasteiger partial charge is 0.163 e. The zero-order chi connectivity index (χ0) is 18.2. The largest absolute Gasteiger partial charge is 0.488 e. The quantitative estimate of drug-likeness (QED) is 0.527. The van der Waals surface area contributed by atoms with Gasteiger partial charge in [0.25, 0.3) is 0 Å². The van der Waals surface area contributed by atoms with Crippen molar-refractivity contribution in [2.75, 3.05) is 0 Å². The number of rotatable bonds is 8. The predicted octanol–water partition coefficient (Wildman–Crippen LogP) is 5.19. The Morgan fingerprint density at radius 1 is 0.731 bits per heavy atom. The standard InChI is InChI=1S/C23H22O3/c1-18(24)22-13-12-21(16-25-15-19-8-4-2-5-9-19)14-23(22)26-17-20-10-6-3-7-11-20/h2-14H,15-17H2,1H3. The summed E-state index contributed by atoms with van der Waals surface area (Å²) < 4.78 is 11.7. The molecule has 0 atom stereocenters. The minimum atomic E-state index is -0.00943. The van der Waals surface area contributed by atoms with Gasteiger partial charge in [-0.3, -0.25) is 4.79 Å². The minimum Gasteiger partial charge on any atom is -0.488 e. The molecule has 0 radical (unpaired) electrons. The molecular formula is C23H22O3. The van der Waals surface area contributed by atoms with Crippen LogP contribution in [-0.2, 0) is 24.6 Å². The number of benzene rings is 3. The summed E-state index contributed by atoms with van der Waals surface area (Å²) in [5.41, 5.74) is 3.77. The average Bonchev–Trinajstić information content (AvgIpc) is 2.68. The van der Waals surface area contributed by atoms with Crippen LogP contribution in [0.1, 0.15) is 34.0 Å². The van der Waals surface area contributed by atoms with Gasteiger partial charge in [0.1, 0.15) is 12.4 Å². The average molecular weight is 346 g/mol. The second-order valence-corrected chi connectivity index (χ2v) is 6.14.